The normalized spacial score (nSPS) is 14.9. The van der Waals surface area contributed by atoms with Gasteiger partial charge >= 0.3 is 0 Å². The highest BCUT2D eigenvalue weighted by atomic mass is 16.2. The van der Waals surface area contributed by atoms with Crippen molar-refractivity contribution < 1.29 is 4.79 Å². The van der Waals surface area contributed by atoms with Crippen molar-refractivity contribution in [2.45, 2.75) is 19.4 Å². The highest BCUT2D eigenvalue weighted by molar-refractivity contribution is 5.78. The van der Waals surface area contributed by atoms with Crippen LogP contribution in [0.4, 0.5) is 0 Å². The van der Waals surface area contributed by atoms with Crippen LogP contribution in [0.1, 0.15) is 18.4 Å². The quantitative estimate of drug-likeness (QED) is 0.818. The maximum Gasteiger partial charge on any atom is 0.222 e. The van der Waals surface area contributed by atoms with Gasteiger partial charge in [-0.25, -0.2) is 0 Å². The molecule has 2 heteroatoms. The lowest BCUT2D eigenvalue weighted by molar-refractivity contribution is -0.128. The number of carbonyl (C=O) groups excluding carboxylic acids is 1. The summed E-state index contributed by atoms with van der Waals surface area (Å²) in [5.41, 5.74) is 3.65. The number of amides is 1. The van der Waals surface area contributed by atoms with Crippen LogP contribution in [-0.2, 0) is 11.3 Å². The lowest BCUT2D eigenvalue weighted by Crippen LogP contribution is -2.23. The summed E-state index contributed by atoms with van der Waals surface area (Å²) in [6, 6.07) is 18.8. The van der Waals surface area contributed by atoms with Gasteiger partial charge in [0.1, 0.15) is 0 Å². The Labute approximate surface area is 113 Å². The van der Waals surface area contributed by atoms with Gasteiger partial charge in [-0.2, -0.15) is 0 Å². The van der Waals surface area contributed by atoms with Crippen LogP contribution in [-0.4, -0.2) is 17.4 Å². The van der Waals surface area contributed by atoms with Gasteiger partial charge in [0, 0.05) is 19.5 Å². The van der Waals surface area contributed by atoms with Crippen molar-refractivity contribution in [1.29, 1.82) is 0 Å². The molecule has 0 bridgehead atoms. The van der Waals surface area contributed by atoms with Crippen LogP contribution >= 0.6 is 0 Å². The summed E-state index contributed by atoms with van der Waals surface area (Å²) in [6.45, 7) is 1.65. The van der Waals surface area contributed by atoms with Gasteiger partial charge < -0.3 is 4.90 Å². The molecule has 1 fully saturated rings. The molecule has 19 heavy (non-hydrogen) atoms. The minimum absolute atomic E-state index is 0.284. The molecule has 0 aromatic heterocycles. The summed E-state index contributed by atoms with van der Waals surface area (Å²) < 4.78 is 0. The van der Waals surface area contributed by atoms with Gasteiger partial charge in [0.25, 0.3) is 0 Å². The number of hydrogen-bond acceptors (Lipinski definition) is 1. The van der Waals surface area contributed by atoms with E-state index in [-0.39, 0.29) is 5.91 Å². The fraction of sp³-hybridized carbons (Fsp3) is 0.235. The fourth-order valence-electron chi connectivity index (χ4n) is 2.52. The van der Waals surface area contributed by atoms with Gasteiger partial charge in [-0.1, -0.05) is 54.6 Å². The smallest absolute Gasteiger partial charge is 0.222 e. The number of rotatable bonds is 3. The van der Waals surface area contributed by atoms with Crippen LogP contribution in [0.3, 0.4) is 0 Å². The molecule has 1 heterocycles. The average Bonchev–Trinajstić information content (AvgIpc) is 2.86. The maximum atomic E-state index is 11.6. The minimum atomic E-state index is 0.284. The lowest BCUT2D eigenvalue weighted by atomic mass is 10.0. The fourth-order valence-corrected chi connectivity index (χ4v) is 2.52. The van der Waals surface area contributed by atoms with E-state index in [4.69, 9.17) is 0 Å². The molecular weight excluding hydrogens is 234 g/mol. The minimum Gasteiger partial charge on any atom is -0.338 e. The Hall–Kier alpha value is -2.09. The molecule has 2 aromatic carbocycles. The summed E-state index contributed by atoms with van der Waals surface area (Å²) in [5.74, 6) is 0.284. The van der Waals surface area contributed by atoms with Crippen LogP contribution in [0, 0.1) is 0 Å². The molecule has 2 nitrogen and oxygen atoms in total. The Morgan fingerprint density at radius 1 is 0.895 bits per heavy atom. The number of benzene rings is 2. The topological polar surface area (TPSA) is 20.3 Å². The summed E-state index contributed by atoms with van der Waals surface area (Å²) >= 11 is 0. The third-order valence-electron chi connectivity index (χ3n) is 3.61. The molecule has 96 valence electrons. The molecule has 0 saturated carbocycles. The van der Waals surface area contributed by atoms with Crippen LogP contribution in [0.2, 0.25) is 0 Å². The predicted octanol–water partition coefficient (Wildman–Crippen LogP) is 3.48. The maximum absolute atomic E-state index is 11.6. The predicted molar refractivity (Wildman–Crippen MR) is 76.5 cm³/mol. The molecule has 0 N–H and O–H groups in total. The Balaban J connectivity index is 1.74. The second-order valence-corrected chi connectivity index (χ2v) is 4.98. The number of likely N-dealkylation sites (tertiary alicyclic amines) is 1. The summed E-state index contributed by atoms with van der Waals surface area (Å²) in [4.78, 5) is 13.5. The third kappa shape index (κ3) is 2.68. The van der Waals surface area contributed by atoms with E-state index in [0.717, 1.165) is 19.5 Å². The molecule has 1 amide bonds. The lowest BCUT2D eigenvalue weighted by Gasteiger charge is -2.15. The van der Waals surface area contributed by atoms with Crippen molar-refractivity contribution in [3.63, 3.8) is 0 Å². The molecule has 1 aliphatic heterocycles. The molecule has 3 rings (SSSR count). The third-order valence-corrected chi connectivity index (χ3v) is 3.61. The zero-order valence-electron chi connectivity index (χ0n) is 10.9. The van der Waals surface area contributed by atoms with Gasteiger partial charge in [0.05, 0.1) is 0 Å². The molecular formula is C17H17NO. The first kappa shape index (κ1) is 12.0. The second-order valence-electron chi connectivity index (χ2n) is 4.98. The molecule has 0 unspecified atom stereocenters. The Kier molecular flexibility index (Phi) is 3.32. The first-order valence-electron chi connectivity index (χ1n) is 6.75. The van der Waals surface area contributed by atoms with E-state index in [9.17, 15) is 4.79 Å². The first-order chi connectivity index (χ1) is 9.33. The van der Waals surface area contributed by atoms with Crippen molar-refractivity contribution >= 4 is 5.91 Å². The van der Waals surface area contributed by atoms with Crippen LogP contribution in [0.15, 0.2) is 54.6 Å². The Bertz CT molecular complexity index is 560. The van der Waals surface area contributed by atoms with Gasteiger partial charge in [0.2, 0.25) is 5.91 Å². The van der Waals surface area contributed by atoms with E-state index >= 15 is 0 Å². The van der Waals surface area contributed by atoms with Crippen molar-refractivity contribution in [2.24, 2.45) is 0 Å². The van der Waals surface area contributed by atoms with Crippen molar-refractivity contribution in [2.75, 3.05) is 6.54 Å². The van der Waals surface area contributed by atoms with Gasteiger partial charge in [-0.3, -0.25) is 4.79 Å². The molecule has 1 aliphatic rings. The molecule has 0 radical (unpaired) electrons. The van der Waals surface area contributed by atoms with Crippen molar-refractivity contribution in [1.82, 2.24) is 4.90 Å². The first-order valence-corrected chi connectivity index (χ1v) is 6.75. The summed E-state index contributed by atoms with van der Waals surface area (Å²) in [6.07, 6.45) is 1.71. The Morgan fingerprint density at radius 2 is 1.58 bits per heavy atom. The highest BCUT2D eigenvalue weighted by Crippen LogP contribution is 2.20. The number of nitrogens with zero attached hydrogens (tertiary/aromatic N) is 1. The zero-order chi connectivity index (χ0) is 13.1. The van der Waals surface area contributed by atoms with E-state index in [1.807, 2.05) is 23.1 Å². The molecule has 0 atom stereocenters. The average molecular weight is 251 g/mol. The largest absolute Gasteiger partial charge is 0.338 e. The zero-order valence-corrected chi connectivity index (χ0v) is 10.9. The highest BCUT2D eigenvalue weighted by Gasteiger charge is 2.19. The number of carbonyl (C=O) groups is 1. The standard InChI is InChI=1S/C17H17NO/c19-17-7-4-12-18(17)13-14-8-10-16(11-9-14)15-5-2-1-3-6-15/h1-3,5-6,8-11H,4,7,12-13H2. The van der Waals surface area contributed by atoms with Crippen LogP contribution in [0.25, 0.3) is 11.1 Å². The number of hydrogen-bond donors (Lipinski definition) is 0. The van der Waals surface area contributed by atoms with Gasteiger partial charge in [-0.15, -0.1) is 0 Å². The van der Waals surface area contributed by atoms with Gasteiger partial charge in [0.15, 0.2) is 0 Å². The van der Waals surface area contributed by atoms with E-state index < -0.39 is 0 Å². The monoisotopic (exact) mass is 251 g/mol. The molecule has 0 spiro atoms. The van der Waals surface area contributed by atoms with E-state index in [1.165, 1.54) is 16.7 Å². The Morgan fingerprint density at radius 3 is 2.21 bits per heavy atom. The van der Waals surface area contributed by atoms with Crippen molar-refractivity contribution in [3.8, 4) is 11.1 Å². The van der Waals surface area contributed by atoms with Gasteiger partial charge in [-0.05, 0) is 23.1 Å². The summed E-state index contributed by atoms with van der Waals surface area (Å²) in [7, 11) is 0. The van der Waals surface area contributed by atoms with E-state index in [0.29, 0.717) is 6.42 Å². The molecule has 2 aromatic rings. The van der Waals surface area contributed by atoms with E-state index in [2.05, 4.69) is 36.4 Å². The van der Waals surface area contributed by atoms with Crippen LogP contribution < -0.4 is 0 Å². The van der Waals surface area contributed by atoms with Crippen LogP contribution in [0.5, 0.6) is 0 Å². The molecule has 0 aliphatic carbocycles. The van der Waals surface area contributed by atoms with E-state index in [1.54, 1.807) is 0 Å². The SMILES string of the molecule is O=C1CCCN1Cc1ccc(-c2ccccc2)cc1. The second kappa shape index (κ2) is 5.27. The molecule has 1 saturated heterocycles. The summed E-state index contributed by atoms with van der Waals surface area (Å²) in [5, 5.41) is 0. The van der Waals surface area contributed by atoms with Crippen molar-refractivity contribution in [3.05, 3.63) is 60.2 Å².